The van der Waals surface area contributed by atoms with Gasteiger partial charge in [0.2, 0.25) is 0 Å². The van der Waals surface area contributed by atoms with Crippen molar-refractivity contribution in [1.82, 2.24) is 10.2 Å². The molecule has 0 aromatic rings. The van der Waals surface area contributed by atoms with Gasteiger partial charge >= 0.3 is 0 Å². The van der Waals surface area contributed by atoms with Crippen LogP contribution < -0.4 is 5.32 Å². The molecule has 2 heteroatoms. The first-order chi connectivity index (χ1) is 8.06. The molecular weight excluding hydrogens is 208 g/mol. The second-order valence-corrected chi connectivity index (χ2v) is 5.99. The molecule has 1 saturated heterocycles. The largest absolute Gasteiger partial charge is 0.313 e. The fourth-order valence-electron chi connectivity index (χ4n) is 2.82. The molecule has 0 aliphatic carbocycles. The van der Waals surface area contributed by atoms with Crippen LogP contribution >= 0.6 is 0 Å². The molecule has 0 aromatic carbocycles. The van der Waals surface area contributed by atoms with Gasteiger partial charge in [-0.1, -0.05) is 20.8 Å². The quantitative estimate of drug-likeness (QED) is 0.735. The molecule has 0 aromatic heterocycles. The summed E-state index contributed by atoms with van der Waals surface area (Å²) in [5, 5.41) is 3.63. The lowest BCUT2D eigenvalue weighted by Gasteiger charge is -2.30. The first kappa shape index (κ1) is 15.0. The van der Waals surface area contributed by atoms with Crippen molar-refractivity contribution in [1.29, 1.82) is 0 Å². The van der Waals surface area contributed by atoms with Crippen molar-refractivity contribution in [3.63, 3.8) is 0 Å². The highest BCUT2D eigenvalue weighted by Crippen LogP contribution is 2.37. The van der Waals surface area contributed by atoms with Gasteiger partial charge in [0.15, 0.2) is 0 Å². The molecule has 0 radical (unpaired) electrons. The summed E-state index contributed by atoms with van der Waals surface area (Å²) >= 11 is 0. The van der Waals surface area contributed by atoms with Gasteiger partial charge in [-0.25, -0.2) is 0 Å². The maximum atomic E-state index is 3.63. The monoisotopic (exact) mass is 240 g/mol. The van der Waals surface area contributed by atoms with Crippen LogP contribution in [0.1, 0.15) is 60.3 Å². The zero-order chi connectivity index (χ0) is 12.9. The Hall–Kier alpha value is -0.0800. The van der Waals surface area contributed by atoms with E-state index in [1.54, 1.807) is 0 Å². The zero-order valence-electron chi connectivity index (χ0n) is 12.6. The van der Waals surface area contributed by atoms with Gasteiger partial charge in [0, 0.05) is 25.2 Å². The first-order valence-corrected chi connectivity index (χ1v) is 7.54. The van der Waals surface area contributed by atoms with Crippen molar-refractivity contribution in [3.8, 4) is 0 Å². The lowest BCUT2D eigenvalue weighted by Crippen LogP contribution is -2.42. The Morgan fingerprint density at radius 3 is 2.29 bits per heavy atom. The summed E-state index contributed by atoms with van der Waals surface area (Å²) in [4.78, 5) is 2.68. The predicted octanol–water partition coefficient (Wildman–Crippen LogP) is 3.28. The molecule has 0 saturated carbocycles. The van der Waals surface area contributed by atoms with E-state index in [0.717, 1.165) is 6.54 Å². The summed E-state index contributed by atoms with van der Waals surface area (Å²) in [6, 6.07) is 1.34. The number of nitrogens with one attached hydrogen (secondary N) is 1. The number of rotatable bonds is 7. The van der Waals surface area contributed by atoms with Crippen molar-refractivity contribution in [2.24, 2.45) is 5.41 Å². The highest BCUT2D eigenvalue weighted by molar-refractivity contribution is 4.90. The molecule has 0 spiro atoms. The summed E-state index contributed by atoms with van der Waals surface area (Å²) < 4.78 is 0. The molecular formula is C15H32N2. The normalized spacial score (nSPS) is 23.8. The second-order valence-electron chi connectivity index (χ2n) is 5.99. The number of hydrogen-bond acceptors (Lipinski definition) is 2. The molecule has 2 atom stereocenters. The van der Waals surface area contributed by atoms with Crippen molar-refractivity contribution in [3.05, 3.63) is 0 Å². The molecule has 1 aliphatic rings. The Balaban J connectivity index is 2.37. The second kappa shape index (κ2) is 6.75. The SMILES string of the molecule is CCC(C)NCC(C)N1CCC(CC)(CC)C1. The van der Waals surface area contributed by atoms with Gasteiger partial charge in [-0.2, -0.15) is 0 Å². The van der Waals surface area contributed by atoms with Crippen LogP contribution in [0.5, 0.6) is 0 Å². The third-order valence-corrected chi connectivity index (χ3v) is 4.97. The van der Waals surface area contributed by atoms with Crippen molar-refractivity contribution in [2.75, 3.05) is 19.6 Å². The number of likely N-dealkylation sites (tertiary alicyclic amines) is 1. The Bertz CT molecular complexity index is 211. The average molecular weight is 240 g/mol. The van der Waals surface area contributed by atoms with Gasteiger partial charge in [0.05, 0.1) is 0 Å². The number of nitrogens with zero attached hydrogens (tertiary/aromatic N) is 1. The van der Waals surface area contributed by atoms with Crippen LogP contribution in [0.3, 0.4) is 0 Å². The maximum absolute atomic E-state index is 3.63. The fourth-order valence-corrected chi connectivity index (χ4v) is 2.82. The zero-order valence-corrected chi connectivity index (χ0v) is 12.6. The lowest BCUT2D eigenvalue weighted by atomic mass is 9.82. The minimum absolute atomic E-state index is 0.616. The third kappa shape index (κ3) is 3.96. The van der Waals surface area contributed by atoms with E-state index in [1.807, 2.05) is 0 Å². The van der Waals surface area contributed by atoms with Crippen LogP contribution in [0, 0.1) is 5.41 Å². The van der Waals surface area contributed by atoms with Crippen LogP contribution in [0.2, 0.25) is 0 Å². The van der Waals surface area contributed by atoms with Crippen LogP contribution in [0.4, 0.5) is 0 Å². The smallest absolute Gasteiger partial charge is 0.0192 e. The minimum atomic E-state index is 0.616. The molecule has 0 amide bonds. The van der Waals surface area contributed by atoms with Crippen molar-refractivity contribution < 1.29 is 0 Å². The third-order valence-electron chi connectivity index (χ3n) is 4.97. The first-order valence-electron chi connectivity index (χ1n) is 7.54. The van der Waals surface area contributed by atoms with E-state index in [-0.39, 0.29) is 0 Å². The Kier molecular flexibility index (Phi) is 5.94. The molecule has 2 unspecified atom stereocenters. The van der Waals surface area contributed by atoms with Gasteiger partial charge < -0.3 is 5.32 Å². The Morgan fingerprint density at radius 1 is 1.18 bits per heavy atom. The molecule has 17 heavy (non-hydrogen) atoms. The molecule has 1 N–H and O–H groups in total. The van der Waals surface area contributed by atoms with Crippen molar-refractivity contribution in [2.45, 2.75) is 72.4 Å². The highest BCUT2D eigenvalue weighted by Gasteiger charge is 2.36. The molecule has 2 nitrogen and oxygen atoms in total. The van der Waals surface area contributed by atoms with Crippen LogP contribution in [-0.2, 0) is 0 Å². The minimum Gasteiger partial charge on any atom is -0.313 e. The van der Waals surface area contributed by atoms with Gasteiger partial charge in [-0.05, 0) is 51.5 Å². The van der Waals surface area contributed by atoms with E-state index >= 15 is 0 Å². The molecule has 1 heterocycles. The van der Waals surface area contributed by atoms with E-state index in [0.29, 0.717) is 17.5 Å². The maximum Gasteiger partial charge on any atom is 0.0192 e. The van der Waals surface area contributed by atoms with E-state index in [2.05, 4.69) is 44.8 Å². The summed E-state index contributed by atoms with van der Waals surface area (Å²) in [6.45, 7) is 15.4. The van der Waals surface area contributed by atoms with Crippen LogP contribution in [0.25, 0.3) is 0 Å². The Labute approximate surface area is 108 Å². The molecule has 1 rings (SSSR count). The van der Waals surface area contributed by atoms with Gasteiger partial charge in [0.1, 0.15) is 0 Å². The highest BCUT2D eigenvalue weighted by atomic mass is 15.2. The van der Waals surface area contributed by atoms with Crippen LogP contribution in [-0.4, -0.2) is 36.6 Å². The fraction of sp³-hybridized carbons (Fsp3) is 1.00. The van der Waals surface area contributed by atoms with Gasteiger partial charge in [0.25, 0.3) is 0 Å². The lowest BCUT2D eigenvalue weighted by molar-refractivity contribution is 0.197. The molecule has 1 fully saturated rings. The predicted molar refractivity (Wildman–Crippen MR) is 76.4 cm³/mol. The summed E-state index contributed by atoms with van der Waals surface area (Å²) in [7, 11) is 0. The molecule has 0 bridgehead atoms. The van der Waals surface area contributed by atoms with E-state index in [1.165, 1.54) is 38.8 Å². The van der Waals surface area contributed by atoms with Crippen molar-refractivity contribution >= 4 is 0 Å². The summed E-state index contributed by atoms with van der Waals surface area (Å²) in [5.74, 6) is 0. The number of hydrogen-bond donors (Lipinski definition) is 1. The molecule has 1 aliphatic heterocycles. The summed E-state index contributed by atoms with van der Waals surface area (Å²) in [6.07, 6.45) is 5.30. The van der Waals surface area contributed by atoms with Crippen LogP contribution in [0.15, 0.2) is 0 Å². The Morgan fingerprint density at radius 2 is 1.82 bits per heavy atom. The topological polar surface area (TPSA) is 15.3 Å². The van der Waals surface area contributed by atoms with E-state index < -0.39 is 0 Å². The average Bonchev–Trinajstić information content (AvgIpc) is 2.80. The van der Waals surface area contributed by atoms with E-state index in [4.69, 9.17) is 0 Å². The van der Waals surface area contributed by atoms with Gasteiger partial charge in [-0.3, -0.25) is 4.90 Å². The summed E-state index contributed by atoms with van der Waals surface area (Å²) in [5.41, 5.74) is 0.616. The molecule has 102 valence electrons. The van der Waals surface area contributed by atoms with E-state index in [9.17, 15) is 0 Å². The van der Waals surface area contributed by atoms with Gasteiger partial charge in [-0.15, -0.1) is 0 Å². The standard InChI is InChI=1S/C15H32N2/c1-6-13(4)16-11-14(5)17-10-9-15(7-2,8-3)12-17/h13-14,16H,6-12H2,1-5H3.